The lowest BCUT2D eigenvalue weighted by molar-refractivity contribution is 0.0955. The van der Waals surface area contributed by atoms with Crippen molar-refractivity contribution in [2.45, 2.75) is 6.54 Å². The van der Waals surface area contributed by atoms with Crippen molar-refractivity contribution in [2.24, 2.45) is 5.10 Å². The van der Waals surface area contributed by atoms with Gasteiger partial charge in [-0.1, -0.05) is 41.4 Å². The Balaban J connectivity index is 1.52. The van der Waals surface area contributed by atoms with Crippen molar-refractivity contribution in [3.63, 3.8) is 0 Å². The van der Waals surface area contributed by atoms with E-state index in [2.05, 4.69) is 15.1 Å². The highest BCUT2D eigenvalue weighted by atomic mass is 35.5. The Labute approximate surface area is 193 Å². The number of benzene rings is 3. The van der Waals surface area contributed by atoms with Gasteiger partial charge in [-0.05, 0) is 48.0 Å². The van der Waals surface area contributed by atoms with Crippen LogP contribution in [0.25, 0.3) is 10.9 Å². The third-order valence-electron chi connectivity index (χ3n) is 4.93. The molecular formula is C24H16Cl2N4O2. The number of amides is 1. The number of carbonyl (C=O) groups is 1. The van der Waals surface area contributed by atoms with Crippen LogP contribution >= 0.6 is 23.2 Å². The third kappa shape index (κ3) is 4.45. The lowest BCUT2D eigenvalue weighted by atomic mass is 10.1. The van der Waals surface area contributed by atoms with Gasteiger partial charge in [0.1, 0.15) is 11.8 Å². The average molecular weight is 463 g/mol. The fourth-order valence-corrected chi connectivity index (χ4v) is 3.64. The number of aromatic nitrogens is 1. The zero-order valence-corrected chi connectivity index (χ0v) is 18.1. The summed E-state index contributed by atoms with van der Waals surface area (Å²) in [6, 6.07) is 19.2. The first-order valence-electron chi connectivity index (χ1n) is 9.54. The van der Waals surface area contributed by atoms with E-state index in [1.807, 2.05) is 48.7 Å². The molecule has 0 aliphatic rings. The van der Waals surface area contributed by atoms with Crippen LogP contribution in [0.3, 0.4) is 0 Å². The fraction of sp³-hybridized carbons (Fsp3) is 0.0417. The van der Waals surface area contributed by atoms with Gasteiger partial charge in [0.2, 0.25) is 0 Å². The molecule has 8 heteroatoms. The molecule has 4 rings (SSSR count). The van der Waals surface area contributed by atoms with Crippen molar-refractivity contribution >= 4 is 46.2 Å². The van der Waals surface area contributed by atoms with E-state index in [0.717, 1.165) is 22.0 Å². The number of carbonyl (C=O) groups excluding carboxylic acids is 1. The van der Waals surface area contributed by atoms with Crippen LogP contribution in [-0.4, -0.2) is 21.8 Å². The second-order valence-electron chi connectivity index (χ2n) is 7.01. The predicted octanol–water partition coefficient (Wildman–Crippen LogP) is 5.34. The van der Waals surface area contributed by atoms with Gasteiger partial charge in [-0.3, -0.25) is 4.79 Å². The standard InChI is InChI=1S/C24H16Cl2N4O2/c25-20-6-4-15(10-21(20)26)14-30-9-8-19-17(2-1-3-22(19)30)13-28-29-24(32)16-5-7-23(31)18(11-16)12-27/h1-11,13,31H,14H2,(H,29,32). The molecule has 32 heavy (non-hydrogen) atoms. The van der Waals surface area contributed by atoms with Crippen molar-refractivity contribution < 1.29 is 9.90 Å². The molecule has 0 saturated carbocycles. The molecule has 0 spiro atoms. The van der Waals surface area contributed by atoms with Crippen LogP contribution < -0.4 is 5.43 Å². The molecule has 0 fully saturated rings. The molecule has 2 N–H and O–H groups in total. The predicted molar refractivity (Wildman–Crippen MR) is 125 cm³/mol. The number of phenolic OH excluding ortho intramolecular Hbond substituents is 1. The minimum atomic E-state index is -0.484. The number of phenols is 1. The Bertz CT molecular complexity index is 1400. The monoisotopic (exact) mass is 462 g/mol. The number of nitrogens with one attached hydrogen (secondary N) is 1. The minimum Gasteiger partial charge on any atom is -0.507 e. The number of nitrogens with zero attached hydrogens (tertiary/aromatic N) is 3. The van der Waals surface area contributed by atoms with Crippen LogP contribution in [0, 0.1) is 11.3 Å². The number of hydrogen-bond acceptors (Lipinski definition) is 4. The molecule has 0 unspecified atom stereocenters. The molecule has 158 valence electrons. The quantitative estimate of drug-likeness (QED) is 0.309. The van der Waals surface area contributed by atoms with E-state index < -0.39 is 5.91 Å². The zero-order chi connectivity index (χ0) is 22.7. The second-order valence-corrected chi connectivity index (χ2v) is 7.83. The van der Waals surface area contributed by atoms with E-state index in [1.165, 1.54) is 18.2 Å². The van der Waals surface area contributed by atoms with Crippen molar-refractivity contribution in [3.05, 3.63) is 99.2 Å². The summed E-state index contributed by atoms with van der Waals surface area (Å²) in [5, 5.41) is 24.6. The van der Waals surface area contributed by atoms with Gasteiger partial charge in [0.15, 0.2) is 0 Å². The maximum Gasteiger partial charge on any atom is 0.271 e. The van der Waals surface area contributed by atoms with E-state index in [9.17, 15) is 9.90 Å². The summed E-state index contributed by atoms with van der Waals surface area (Å²) in [6.07, 6.45) is 3.54. The molecule has 0 aliphatic carbocycles. The van der Waals surface area contributed by atoms with Crippen LogP contribution in [0.1, 0.15) is 27.0 Å². The number of aromatic hydroxyl groups is 1. The molecule has 0 aliphatic heterocycles. The van der Waals surface area contributed by atoms with Crippen molar-refractivity contribution in [1.82, 2.24) is 9.99 Å². The Morgan fingerprint density at radius 3 is 2.75 bits per heavy atom. The summed E-state index contributed by atoms with van der Waals surface area (Å²) in [5.41, 5.74) is 5.55. The highest BCUT2D eigenvalue weighted by molar-refractivity contribution is 6.42. The first kappa shape index (κ1) is 21.4. The molecule has 0 saturated heterocycles. The molecule has 1 aromatic heterocycles. The summed E-state index contributed by atoms with van der Waals surface area (Å²) in [7, 11) is 0. The number of nitriles is 1. The highest BCUT2D eigenvalue weighted by Crippen LogP contribution is 2.25. The Morgan fingerprint density at radius 1 is 1.12 bits per heavy atom. The molecule has 0 atom stereocenters. The van der Waals surface area contributed by atoms with Gasteiger partial charge in [0.25, 0.3) is 5.91 Å². The summed E-state index contributed by atoms with van der Waals surface area (Å²) in [4.78, 5) is 12.3. The summed E-state index contributed by atoms with van der Waals surface area (Å²) in [5.74, 6) is -0.660. The molecule has 0 radical (unpaired) electrons. The zero-order valence-electron chi connectivity index (χ0n) is 16.6. The molecule has 1 amide bonds. The first-order valence-corrected chi connectivity index (χ1v) is 10.3. The van der Waals surface area contributed by atoms with E-state index in [0.29, 0.717) is 16.6 Å². The van der Waals surface area contributed by atoms with Crippen LogP contribution in [0.4, 0.5) is 0 Å². The first-order chi connectivity index (χ1) is 15.5. The summed E-state index contributed by atoms with van der Waals surface area (Å²) in [6.45, 7) is 0.625. The minimum absolute atomic E-state index is 0.0229. The van der Waals surface area contributed by atoms with E-state index >= 15 is 0 Å². The Morgan fingerprint density at radius 2 is 1.97 bits per heavy atom. The lowest BCUT2D eigenvalue weighted by Gasteiger charge is -2.07. The number of hydrogen-bond donors (Lipinski definition) is 2. The summed E-state index contributed by atoms with van der Waals surface area (Å²) < 4.78 is 2.09. The van der Waals surface area contributed by atoms with Gasteiger partial charge in [-0.25, -0.2) is 5.43 Å². The maximum atomic E-state index is 12.3. The van der Waals surface area contributed by atoms with Crippen LogP contribution in [-0.2, 0) is 6.54 Å². The van der Waals surface area contributed by atoms with Gasteiger partial charge in [0.05, 0.1) is 21.8 Å². The number of rotatable bonds is 5. The van der Waals surface area contributed by atoms with Gasteiger partial charge in [0, 0.05) is 34.8 Å². The average Bonchev–Trinajstić information content (AvgIpc) is 3.20. The van der Waals surface area contributed by atoms with E-state index in [1.54, 1.807) is 12.3 Å². The van der Waals surface area contributed by atoms with E-state index in [4.69, 9.17) is 28.5 Å². The van der Waals surface area contributed by atoms with Gasteiger partial charge in [-0.2, -0.15) is 10.4 Å². The highest BCUT2D eigenvalue weighted by Gasteiger charge is 2.09. The summed E-state index contributed by atoms with van der Waals surface area (Å²) >= 11 is 12.1. The Kier molecular flexibility index (Phi) is 6.13. The topological polar surface area (TPSA) is 90.4 Å². The number of fused-ring (bicyclic) bond motifs is 1. The maximum absolute atomic E-state index is 12.3. The molecular weight excluding hydrogens is 447 g/mol. The van der Waals surface area contributed by atoms with Crippen LogP contribution in [0.2, 0.25) is 10.0 Å². The van der Waals surface area contributed by atoms with Crippen LogP contribution in [0.5, 0.6) is 5.75 Å². The SMILES string of the molecule is N#Cc1cc(C(=O)NN=Cc2cccc3c2ccn3Cc2ccc(Cl)c(Cl)c2)ccc1O. The second kappa shape index (κ2) is 9.15. The van der Waals surface area contributed by atoms with Gasteiger partial charge >= 0.3 is 0 Å². The lowest BCUT2D eigenvalue weighted by Crippen LogP contribution is -2.17. The van der Waals surface area contributed by atoms with Gasteiger partial charge < -0.3 is 9.67 Å². The molecule has 6 nitrogen and oxygen atoms in total. The number of halogens is 2. The molecule has 3 aromatic carbocycles. The van der Waals surface area contributed by atoms with Crippen molar-refractivity contribution in [2.75, 3.05) is 0 Å². The fourth-order valence-electron chi connectivity index (χ4n) is 3.32. The Hall–Kier alpha value is -3.79. The third-order valence-corrected chi connectivity index (χ3v) is 5.67. The van der Waals surface area contributed by atoms with Crippen LogP contribution in [0.15, 0.2) is 72.0 Å². The van der Waals surface area contributed by atoms with Crippen molar-refractivity contribution in [3.8, 4) is 11.8 Å². The van der Waals surface area contributed by atoms with Crippen molar-refractivity contribution in [1.29, 1.82) is 5.26 Å². The molecule has 1 heterocycles. The smallest absolute Gasteiger partial charge is 0.271 e. The molecule has 4 aromatic rings. The largest absolute Gasteiger partial charge is 0.507 e. The molecule has 0 bridgehead atoms. The number of hydrazone groups is 1. The van der Waals surface area contributed by atoms with Gasteiger partial charge in [-0.15, -0.1) is 0 Å². The van der Waals surface area contributed by atoms with E-state index in [-0.39, 0.29) is 16.9 Å². The normalized spacial score (nSPS) is 11.0.